The molecule has 0 radical (unpaired) electrons. The minimum atomic E-state index is -0.166. The average molecular weight is 326 g/mol. The summed E-state index contributed by atoms with van der Waals surface area (Å²) >= 11 is 5.65. The fourth-order valence-corrected chi connectivity index (χ4v) is 4.28. The third kappa shape index (κ3) is 2.71. The van der Waals surface area contributed by atoms with Crippen LogP contribution in [0.2, 0.25) is 0 Å². The lowest BCUT2D eigenvalue weighted by atomic mass is 9.93. The maximum atomic E-state index is 11.3. The molecular formula is C20H20ClNO. The lowest BCUT2D eigenvalue weighted by molar-refractivity contribution is -0.116. The molecule has 2 aromatic carbocycles. The molecular weight excluding hydrogens is 306 g/mol. The van der Waals surface area contributed by atoms with Crippen LogP contribution in [0.15, 0.2) is 48.5 Å². The van der Waals surface area contributed by atoms with E-state index in [0.29, 0.717) is 5.92 Å². The van der Waals surface area contributed by atoms with E-state index in [0.717, 1.165) is 32.5 Å². The Labute approximate surface area is 142 Å². The summed E-state index contributed by atoms with van der Waals surface area (Å²) in [5, 5.41) is -0.166. The monoisotopic (exact) mass is 325 g/mol. The van der Waals surface area contributed by atoms with Gasteiger partial charge in [-0.05, 0) is 59.8 Å². The van der Waals surface area contributed by atoms with Gasteiger partial charge >= 0.3 is 0 Å². The van der Waals surface area contributed by atoms with Gasteiger partial charge in [-0.2, -0.15) is 0 Å². The molecule has 2 aliphatic rings. The van der Waals surface area contributed by atoms with E-state index in [9.17, 15) is 4.79 Å². The third-order valence-electron chi connectivity index (χ3n) is 5.31. The van der Waals surface area contributed by atoms with Crippen LogP contribution in [0.5, 0.6) is 0 Å². The molecule has 0 aromatic heterocycles. The van der Waals surface area contributed by atoms with Crippen molar-refractivity contribution < 1.29 is 4.79 Å². The summed E-state index contributed by atoms with van der Waals surface area (Å²) < 4.78 is 0. The molecule has 1 fully saturated rings. The number of benzene rings is 2. The molecule has 3 heteroatoms. The Kier molecular flexibility index (Phi) is 3.96. The number of fused-ring (bicyclic) bond motifs is 3. The van der Waals surface area contributed by atoms with E-state index in [1.165, 1.54) is 22.3 Å². The number of rotatable bonds is 3. The molecule has 1 aliphatic heterocycles. The zero-order chi connectivity index (χ0) is 15.8. The molecule has 0 unspecified atom stereocenters. The Morgan fingerprint density at radius 3 is 2.00 bits per heavy atom. The largest absolute Gasteiger partial charge is 0.302 e. The molecule has 0 saturated carbocycles. The van der Waals surface area contributed by atoms with Crippen molar-refractivity contribution in [2.45, 2.75) is 18.8 Å². The Balaban J connectivity index is 1.57. The summed E-state index contributed by atoms with van der Waals surface area (Å²) in [7, 11) is 0. The van der Waals surface area contributed by atoms with Crippen molar-refractivity contribution in [2.75, 3.05) is 19.6 Å². The topological polar surface area (TPSA) is 20.3 Å². The summed E-state index contributed by atoms with van der Waals surface area (Å²) in [5.74, 6) is 0.488. The zero-order valence-corrected chi connectivity index (χ0v) is 13.8. The first-order chi connectivity index (χ1) is 11.2. The van der Waals surface area contributed by atoms with Gasteiger partial charge in [0, 0.05) is 18.4 Å². The maximum Gasteiger partial charge on any atom is 0.224 e. The minimum absolute atomic E-state index is 0.0519. The van der Waals surface area contributed by atoms with Crippen LogP contribution in [0.3, 0.4) is 0 Å². The second-order valence-electron chi connectivity index (χ2n) is 6.61. The van der Waals surface area contributed by atoms with Gasteiger partial charge in [0.15, 0.2) is 0 Å². The quantitative estimate of drug-likeness (QED) is 0.785. The Morgan fingerprint density at radius 2 is 1.48 bits per heavy atom. The van der Waals surface area contributed by atoms with Crippen LogP contribution in [0, 0.1) is 5.92 Å². The zero-order valence-electron chi connectivity index (χ0n) is 13.0. The first-order valence-electron chi connectivity index (χ1n) is 8.34. The van der Waals surface area contributed by atoms with E-state index in [4.69, 9.17) is 11.6 Å². The Morgan fingerprint density at radius 1 is 0.957 bits per heavy atom. The van der Waals surface area contributed by atoms with Crippen molar-refractivity contribution in [3.8, 4) is 11.1 Å². The van der Waals surface area contributed by atoms with Gasteiger partial charge in [0.2, 0.25) is 5.24 Å². The molecule has 0 atom stereocenters. The fraction of sp³-hybridized carbons (Fsp3) is 0.350. The van der Waals surface area contributed by atoms with Crippen LogP contribution in [0.4, 0.5) is 0 Å². The van der Waals surface area contributed by atoms with Crippen molar-refractivity contribution in [3.05, 3.63) is 59.7 Å². The Hall–Kier alpha value is -1.64. The second-order valence-corrected chi connectivity index (χ2v) is 6.98. The molecule has 2 nitrogen and oxygen atoms in total. The fourth-order valence-electron chi connectivity index (χ4n) is 4.06. The van der Waals surface area contributed by atoms with Crippen LogP contribution in [-0.4, -0.2) is 29.8 Å². The normalized spacial score (nSPS) is 18.7. The van der Waals surface area contributed by atoms with Gasteiger partial charge in [-0.3, -0.25) is 4.79 Å². The van der Waals surface area contributed by atoms with Crippen molar-refractivity contribution in [1.29, 1.82) is 0 Å². The molecule has 0 bridgehead atoms. The first-order valence-corrected chi connectivity index (χ1v) is 8.72. The molecule has 1 heterocycles. The molecule has 118 valence electrons. The average Bonchev–Trinajstić information content (AvgIpc) is 2.90. The number of halogens is 1. The molecule has 1 aliphatic carbocycles. The molecule has 23 heavy (non-hydrogen) atoms. The predicted molar refractivity (Wildman–Crippen MR) is 93.7 cm³/mol. The van der Waals surface area contributed by atoms with Crippen LogP contribution >= 0.6 is 11.6 Å². The summed E-state index contributed by atoms with van der Waals surface area (Å²) in [4.78, 5) is 13.8. The molecule has 4 rings (SSSR count). The van der Waals surface area contributed by atoms with Gasteiger partial charge in [0.25, 0.3) is 0 Å². The van der Waals surface area contributed by atoms with E-state index in [1.54, 1.807) is 0 Å². The molecule has 0 spiro atoms. The number of nitrogens with zero attached hydrogens (tertiary/aromatic N) is 1. The second kappa shape index (κ2) is 6.10. The smallest absolute Gasteiger partial charge is 0.224 e. The van der Waals surface area contributed by atoms with Crippen LogP contribution in [0.25, 0.3) is 11.1 Å². The number of carbonyl (C=O) groups is 1. The standard InChI is InChI=1S/C20H20ClNO/c21-20(23)14-9-11-22(12-10-14)13-19-17-7-3-1-5-15(17)16-6-2-4-8-18(16)19/h1-8,14,19H,9-13H2. The SMILES string of the molecule is O=C(Cl)C1CCN(CC2c3ccccc3-c3ccccc32)CC1. The number of hydrogen-bond donors (Lipinski definition) is 0. The van der Waals surface area contributed by atoms with E-state index < -0.39 is 0 Å². The van der Waals surface area contributed by atoms with E-state index in [-0.39, 0.29) is 11.2 Å². The third-order valence-corrected chi connectivity index (χ3v) is 5.62. The van der Waals surface area contributed by atoms with Gasteiger partial charge in [-0.1, -0.05) is 48.5 Å². The Bertz CT molecular complexity index is 688. The van der Waals surface area contributed by atoms with Crippen molar-refractivity contribution in [1.82, 2.24) is 4.90 Å². The number of hydrogen-bond acceptors (Lipinski definition) is 2. The van der Waals surface area contributed by atoms with Crippen molar-refractivity contribution >= 4 is 16.8 Å². The van der Waals surface area contributed by atoms with Crippen molar-refractivity contribution in [2.24, 2.45) is 5.92 Å². The summed E-state index contributed by atoms with van der Waals surface area (Å²) in [6.07, 6.45) is 1.77. The van der Waals surface area contributed by atoms with Crippen LogP contribution in [0.1, 0.15) is 29.9 Å². The van der Waals surface area contributed by atoms with Gasteiger partial charge in [0.1, 0.15) is 0 Å². The van der Waals surface area contributed by atoms with Crippen LogP contribution in [-0.2, 0) is 4.79 Å². The van der Waals surface area contributed by atoms with E-state index in [1.807, 2.05) is 0 Å². The number of piperidine rings is 1. The van der Waals surface area contributed by atoms with Gasteiger partial charge in [-0.15, -0.1) is 0 Å². The van der Waals surface area contributed by atoms with Gasteiger partial charge in [-0.25, -0.2) is 0 Å². The van der Waals surface area contributed by atoms with Gasteiger partial charge < -0.3 is 4.90 Å². The maximum absolute atomic E-state index is 11.3. The highest BCUT2D eigenvalue weighted by Crippen LogP contribution is 2.45. The van der Waals surface area contributed by atoms with E-state index in [2.05, 4.69) is 53.4 Å². The molecule has 0 amide bonds. The lowest BCUT2D eigenvalue weighted by Crippen LogP contribution is -2.37. The highest BCUT2D eigenvalue weighted by molar-refractivity contribution is 6.63. The van der Waals surface area contributed by atoms with Crippen molar-refractivity contribution in [3.63, 3.8) is 0 Å². The minimum Gasteiger partial charge on any atom is -0.302 e. The molecule has 0 N–H and O–H groups in total. The first kappa shape index (κ1) is 14.9. The van der Waals surface area contributed by atoms with Crippen LogP contribution < -0.4 is 0 Å². The lowest BCUT2D eigenvalue weighted by Gasteiger charge is -2.32. The van der Waals surface area contributed by atoms with Gasteiger partial charge in [0.05, 0.1) is 0 Å². The molecule has 2 aromatic rings. The highest BCUT2D eigenvalue weighted by Gasteiger charge is 2.31. The summed E-state index contributed by atoms with van der Waals surface area (Å²) in [5.41, 5.74) is 5.62. The summed E-state index contributed by atoms with van der Waals surface area (Å²) in [6.45, 7) is 2.95. The summed E-state index contributed by atoms with van der Waals surface area (Å²) in [6, 6.07) is 17.5. The number of carbonyl (C=O) groups excluding carboxylic acids is 1. The number of likely N-dealkylation sites (tertiary alicyclic amines) is 1. The van der Waals surface area contributed by atoms with E-state index >= 15 is 0 Å². The molecule has 1 saturated heterocycles. The predicted octanol–water partition coefficient (Wildman–Crippen LogP) is 4.28. The highest BCUT2D eigenvalue weighted by atomic mass is 35.5.